The van der Waals surface area contributed by atoms with E-state index in [-0.39, 0.29) is 5.82 Å². The van der Waals surface area contributed by atoms with Gasteiger partial charge in [-0.2, -0.15) is 0 Å². The highest BCUT2D eigenvalue weighted by Gasteiger charge is 2.02. The molecule has 1 aromatic heterocycles. The Morgan fingerprint density at radius 1 is 1.10 bits per heavy atom. The van der Waals surface area contributed by atoms with Crippen molar-refractivity contribution in [3.63, 3.8) is 0 Å². The largest absolute Gasteiger partial charge is 0.310 e. The van der Waals surface area contributed by atoms with Gasteiger partial charge in [0.05, 0.1) is 10.2 Å². The first-order valence-corrected chi connectivity index (χ1v) is 7.42. The predicted octanol–water partition coefficient (Wildman–Crippen LogP) is 3.77. The van der Waals surface area contributed by atoms with Crippen LogP contribution < -0.4 is 5.32 Å². The van der Waals surface area contributed by atoms with E-state index in [1.807, 2.05) is 24.3 Å². The summed E-state index contributed by atoms with van der Waals surface area (Å²) >= 11 is 1.71. The molecule has 3 rings (SSSR count). The van der Waals surface area contributed by atoms with Crippen LogP contribution in [0.25, 0.3) is 10.2 Å². The first-order valence-electron chi connectivity index (χ1n) is 6.61. The molecule has 0 aliphatic carbocycles. The van der Waals surface area contributed by atoms with Gasteiger partial charge in [0.25, 0.3) is 0 Å². The highest BCUT2D eigenvalue weighted by atomic mass is 32.1. The molecule has 0 radical (unpaired) electrons. The zero-order chi connectivity index (χ0) is 13.8. The molecule has 1 N–H and O–H groups in total. The summed E-state index contributed by atoms with van der Waals surface area (Å²) in [6.45, 7) is 1.58. The second-order valence-corrected chi connectivity index (χ2v) is 5.75. The lowest BCUT2D eigenvalue weighted by Gasteiger charge is -2.03. The predicted molar refractivity (Wildman–Crippen MR) is 81.4 cm³/mol. The SMILES string of the molecule is Fc1cccc(CCNCc2nc3ccccc3s2)c1. The number of fused-ring (bicyclic) bond motifs is 1. The van der Waals surface area contributed by atoms with E-state index in [4.69, 9.17) is 0 Å². The van der Waals surface area contributed by atoms with Crippen LogP contribution >= 0.6 is 11.3 Å². The maximum Gasteiger partial charge on any atom is 0.123 e. The molecule has 2 aromatic carbocycles. The molecule has 0 spiro atoms. The average Bonchev–Trinajstić information content (AvgIpc) is 2.86. The minimum atomic E-state index is -0.173. The Balaban J connectivity index is 1.52. The molecule has 4 heteroatoms. The number of para-hydroxylation sites is 1. The zero-order valence-electron chi connectivity index (χ0n) is 11.0. The van der Waals surface area contributed by atoms with Crippen LogP contribution in [0, 0.1) is 5.82 Å². The van der Waals surface area contributed by atoms with Gasteiger partial charge in [-0.25, -0.2) is 9.37 Å². The number of hydrogen-bond donors (Lipinski definition) is 1. The molecule has 1 heterocycles. The summed E-state index contributed by atoms with van der Waals surface area (Å²) in [6, 6.07) is 14.9. The molecule has 0 fully saturated rings. The Bertz CT molecular complexity index is 675. The fraction of sp³-hybridized carbons (Fsp3) is 0.188. The van der Waals surface area contributed by atoms with Crippen molar-refractivity contribution in [1.82, 2.24) is 10.3 Å². The fourth-order valence-electron chi connectivity index (χ4n) is 2.12. The number of nitrogens with zero attached hydrogens (tertiary/aromatic N) is 1. The zero-order valence-corrected chi connectivity index (χ0v) is 11.8. The van der Waals surface area contributed by atoms with Gasteiger partial charge >= 0.3 is 0 Å². The summed E-state index contributed by atoms with van der Waals surface area (Å²) in [4.78, 5) is 4.57. The maximum absolute atomic E-state index is 13.0. The van der Waals surface area contributed by atoms with Crippen molar-refractivity contribution < 1.29 is 4.39 Å². The summed E-state index contributed by atoms with van der Waals surface area (Å²) in [5.41, 5.74) is 2.07. The van der Waals surface area contributed by atoms with Crippen molar-refractivity contribution in [2.45, 2.75) is 13.0 Å². The molecule has 0 bridgehead atoms. The van der Waals surface area contributed by atoms with Crippen molar-refractivity contribution >= 4 is 21.6 Å². The van der Waals surface area contributed by atoms with Crippen molar-refractivity contribution in [3.8, 4) is 0 Å². The van der Waals surface area contributed by atoms with Gasteiger partial charge in [-0.3, -0.25) is 0 Å². The van der Waals surface area contributed by atoms with Gasteiger partial charge in [0, 0.05) is 6.54 Å². The van der Waals surface area contributed by atoms with Crippen molar-refractivity contribution in [3.05, 3.63) is 64.9 Å². The van der Waals surface area contributed by atoms with Gasteiger partial charge in [0.1, 0.15) is 10.8 Å². The number of nitrogens with one attached hydrogen (secondary N) is 1. The van der Waals surface area contributed by atoms with Crippen LogP contribution in [-0.4, -0.2) is 11.5 Å². The van der Waals surface area contributed by atoms with Gasteiger partial charge in [-0.15, -0.1) is 11.3 Å². The Morgan fingerprint density at radius 3 is 2.85 bits per heavy atom. The number of hydrogen-bond acceptors (Lipinski definition) is 3. The molecule has 3 aromatic rings. The molecule has 0 aliphatic rings. The Morgan fingerprint density at radius 2 is 2.00 bits per heavy atom. The van der Waals surface area contributed by atoms with Gasteiger partial charge in [0.15, 0.2) is 0 Å². The van der Waals surface area contributed by atoms with Crippen molar-refractivity contribution in [2.75, 3.05) is 6.54 Å². The Kier molecular flexibility index (Phi) is 4.04. The standard InChI is InChI=1S/C16H15FN2S/c17-13-5-3-4-12(10-13)8-9-18-11-16-19-14-6-1-2-7-15(14)20-16/h1-7,10,18H,8-9,11H2. The average molecular weight is 286 g/mol. The molecular formula is C16H15FN2S. The third-order valence-corrected chi connectivity index (χ3v) is 4.13. The summed E-state index contributed by atoms with van der Waals surface area (Å²) < 4.78 is 14.2. The van der Waals surface area contributed by atoms with E-state index in [9.17, 15) is 4.39 Å². The monoisotopic (exact) mass is 286 g/mol. The maximum atomic E-state index is 13.0. The van der Waals surface area contributed by atoms with E-state index < -0.39 is 0 Å². The lowest BCUT2D eigenvalue weighted by Crippen LogP contribution is -2.16. The summed E-state index contributed by atoms with van der Waals surface area (Å²) in [5.74, 6) is -0.173. The van der Waals surface area contributed by atoms with Crippen molar-refractivity contribution in [1.29, 1.82) is 0 Å². The van der Waals surface area contributed by atoms with E-state index >= 15 is 0 Å². The van der Waals surface area contributed by atoms with Gasteiger partial charge in [0.2, 0.25) is 0 Å². The third kappa shape index (κ3) is 3.21. The van der Waals surface area contributed by atoms with Crippen LogP contribution in [0.4, 0.5) is 4.39 Å². The summed E-state index contributed by atoms with van der Waals surface area (Å²) in [6.07, 6.45) is 0.822. The first kappa shape index (κ1) is 13.2. The van der Waals surface area contributed by atoms with Crippen LogP contribution in [0.2, 0.25) is 0 Å². The smallest absolute Gasteiger partial charge is 0.123 e. The van der Waals surface area contributed by atoms with Crippen LogP contribution in [0.1, 0.15) is 10.6 Å². The molecule has 0 unspecified atom stereocenters. The first-order chi connectivity index (χ1) is 9.81. The highest BCUT2D eigenvalue weighted by Crippen LogP contribution is 2.21. The molecule has 0 aliphatic heterocycles. The van der Waals surface area contributed by atoms with Gasteiger partial charge in [-0.1, -0.05) is 24.3 Å². The summed E-state index contributed by atoms with van der Waals surface area (Å²) in [7, 11) is 0. The van der Waals surface area contributed by atoms with Gasteiger partial charge in [-0.05, 0) is 42.8 Å². The van der Waals surface area contributed by atoms with Crippen LogP contribution in [0.5, 0.6) is 0 Å². The molecular weight excluding hydrogens is 271 g/mol. The van der Waals surface area contributed by atoms with Crippen LogP contribution in [0.3, 0.4) is 0 Å². The van der Waals surface area contributed by atoms with Gasteiger partial charge < -0.3 is 5.32 Å². The molecule has 0 saturated heterocycles. The minimum absolute atomic E-state index is 0.173. The number of aromatic nitrogens is 1. The Hall–Kier alpha value is -1.78. The minimum Gasteiger partial charge on any atom is -0.310 e. The number of rotatable bonds is 5. The summed E-state index contributed by atoms with van der Waals surface area (Å²) in [5, 5.41) is 4.44. The normalized spacial score (nSPS) is 11.1. The molecule has 2 nitrogen and oxygen atoms in total. The lowest BCUT2D eigenvalue weighted by molar-refractivity contribution is 0.622. The molecule has 20 heavy (non-hydrogen) atoms. The lowest BCUT2D eigenvalue weighted by atomic mass is 10.1. The topological polar surface area (TPSA) is 24.9 Å². The number of thiazole rings is 1. The van der Waals surface area contributed by atoms with Crippen LogP contribution in [0.15, 0.2) is 48.5 Å². The van der Waals surface area contributed by atoms with E-state index in [1.165, 1.54) is 10.8 Å². The van der Waals surface area contributed by atoms with E-state index in [2.05, 4.69) is 16.4 Å². The van der Waals surface area contributed by atoms with E-state index in [1.54, 1.807) is 23.5 Å². The molecule has 0 saturated carbocycles. The number of halogens is 1. The quantitative estimate of drug-likeness (QED) is 0.722. The second-order valence-electron chi connectivity index (χ2n) is 4.63. The fourth-order valence-corrected chi connectivity index (χ4v) is 3.05. The van der Waals surface area contributed by atoms with Crippen molar-refractivity contribution in [2.24, 2.45) is 0 Å². The Labute approximate surface area is 121 Å². The molecule has 0 atom stereocenters. The third-order valence-electron chi connectivity index (χ3n) is 3.09. The molecule has 0 amide bonds. The number of benzene rings is 2. The highest BCUT2D eigenvalue weighted by molar-refractivity contribution is 7.18. The van der Waals surface area contributed by atoms with E-state index in [0.717, 1.165) is 35.6 Å². The van der Waals surface area contributed by atoms with E-state index in [0.29, 0.717) is 0 Å². The van der Waals surface area contributed by atoms with Crippen LogP contribution in [-0.2, 0) is 13.0 Å². The molecule has 102 valence electrons. The second kappa shape index (κ2) is 6.11.